The number of hydrogen-bond donors (Lipinski definition) is 1. The van der Waals surface area contributed by atoms with Crippen LogP contribution in [0.3, 0.4) is 0 Å². The summed E-state index contributed by atoms with van der Waals surface area (Å²) in [6.07, 6.45) is 7.73. The van der Waals surface area contributed by atoms with Crippen molar-refractivity contribution in [1.82, 2.24) is 0 Å². The van der Waals surface area contributed by atoms with E-state index in [2.05, 4.69) is 6.92 Å². The van der Waals surface area contributed by atoms with Crippen LogP contribution in [0.4, 0.5) is 0 Å². The molecule has 1 saturated heterocycles. The van der Waals surface area contributed by atoms with Gasteiger partial charge in [0.05, 0.1) is 11.5 Å². The van der Waals surface area contributed by atoms with E-state index in [-0.39, 0.29) is 6.10 Å². The first-order chi connectivity index (χ1) is 8.14. The van der Waals surface area contributed by atoms with Gasteiger partial charge in [0, 0.05) is 6.61 Å². The van der Waals surface area contributed by atoms with E-state index in [0.29, 0.717) is 12.8 Å². The standard InChI is InChI=1S/C14H26O3/c1-3-5-9-14(4-2,13(15)16)11-12-8-6-7-10-17-12/h12H,3-11H2,1-2H3,(H,15,16). The van der Waals surface area contributed by atoms with Crippen LogP contribution in [0.1, 0.15) is 65.2 Å². The highest BCUT2D eigenvalue weighted by atomic mass is 16.5. The molecule has 0 aromatic heterocycles. The van der Waals surface area contributed by atoms with Crippen molar-refractivity contribution in [3.63, 3.8) is 0 Å². The zero-order valence-electron chi connectivity index (χ0n) is 11.2. The smallest absolute Gasteiger partial charge is 0.309 e. The van der Waals surface area contributed by atoms with Crippen LogP contribution in [0.25, 0.3) is 0 Å². The fraction of sp³-hybridized carbons (Fsp3) is 0.929. The van der Waals surface area contributed by atoms with E-state index in [1.165, 1.54) is 6.42 Å². The minimum Gasteiger partial charge on any atom is -0.481 e. The van der Waals surface area contributed by atoms with Crippen molar-refractivity contribution in [3.8, 4) is 0 Å². The summed E-state index contributed by atoms with van der Waals surface area (Å²) < 4.78 is 5.70. The largest absolute Gasteiger partial charge is 0.481 e. The minimum absolute atomic E-state index is 0.164. The lowest BCUT2D eigenvalue weighted by atomic mass is 9.75. The first-order valence-corrected chi connectivity index (χ1v) is 6.99. The number of rotatable bonds is 7. The van der Waals surface area contributed by atoms with Crippen molar-refractivity contribution >= 4 is 5.97 Å². The fourth-order valence-electron chi connectivity index (χ4n) is 2.69. The number of carboxylic acids is 1. The molecular formula is C14H26O3. The molecule has 0 saturated carbocycles. The van der Waals surface area contributed by atoms with Crippen molar-refractivity contribution in [2.24, 2.45) is 5.41 Å². The molecule has 100 valence electrons. The van der Waals surface area contributed by atoms with Crippen LogP contribution >= 0.6 is 0 Å². The van der Waals surface area contributed by atoms with E-state index >= 15 is 0 Å². The van der Waals surface area contributed by atoms with Crippen molar-refractivity contribution in [2.45, 2.75) is 71.3 Å². The lowest BCUT2D eigenvalue weighted by Gasteiger charge is -2.34. The molecule has 17 heavy (non-hydrogen) atoms. The third kappa shape index (κ3) is 3.98. The Bertz CT molecular complexity index is 234. The topological polar surface area (TPSA) is 46.5 Å². The number of ether oxygens (including phenoxy) is 1. The van der Waals surface area contributed by atoms with Crippen LogP contribution in [0.15, 0.2) is 0 Å². The fourth-order valence-corrected chi connectivity index (χ4v) is 2.69. The molecule has 2 atom stereocenters. The summed E-state index contributed by atoms with van der Waals surface area (Å²) in [5.74, 6) is -0.636. The van der Waals surface area contributed by atoms with Crippen LogP contribution in [-0.2, 0) is 9.53 Å². The molecule has 1 aliphatic rings. The lowest BCUT2D eigenvalue weighted by molar-refractivity contribution is -0.153. The van der Waals surface area contributed by atoms with Crippen LogP contribution in [0.5, 0.6) is 0 Å². The summed E-state index contributed by atoms with van der Waals surface area (Å²) in [6.45, 7) is 4.91. The highest BCUT2D eigenvalue weighted by Gasteiger charge is 2.38. The molecule has 1 fully saturated rings. The van der Waals surface area contributed by atoms with Gasteiger partial charge >= 0.3 is 5.97 Å². The van der Waals surface area contributed by atoms with Gasteiger partial charge < -0.3 is 9.84 Å². The van der Waals surface area contributed by atoms with Crippen molar-refractivity contribution in [3.05, 3.63) is 0 Å². The van der Waals surface area contributed by atoms with Gasteiger partial charge in [-0.25, -0.2) is 0 Å². The van der Waals surface area contributed by atoms with E-state index in [0.717, 1.165) is 38.7 Å². The number of aliphatic carboxylic acids is 1. The molecule has 1 aliphatic heterocycles. The Kier molecular flexibility index (Phi) is 5.96. The molecule has 0 radical (unpaired) electrons. The molecule has 0 bridgehead atoms. The van der Waals surface area contributed by atoms with Crippen molar-refractivity contribution in [2.75, 3.05) is 6.61 Å². The number of unbranched alkanes of at least 4 members (excludes halogenated alkanes) is 1. The normalized spacial score (nSPS) is 24.2. The predicted molar refractivity (Wildman–Crippen MR) is 68.1 cm³/mol. The maximum Gasteiger partial charge on any atom is 0.309 e. The monoisotopic (exact) mass is 242 g/mol. The molecule has 3 heteroatoms. The van der Waals surface area contributed by atoms with Gasteiger partial charge in [-0.1, -0.05) is 26.7 Å². The maximum absolute atomic E-state index is 11.6. The van der Waals surface area contributed by atoms with Crippen molar-refractivity contribution < 1.29 is 14.6 Å². The summed E-state index contributed by atoms with van der Waals surface area (Å²) in [4.78, 5) is 11.6. The van der Waals surface area contributed by atoms with E-state index in [1.54, 1.807) is 0 Å². The molecule has 2 unspecified atom stereocenters. The van der Waals surface area contributed by atoms with Gasteiger partial charge in [-0.2, -0.15) is 0 Å². The zero-order chi connectivity index (χ0) is 12.7. The molecule has 3 nitrogen and oxygen atoms in total. The molecular weight excluding hydrogens is 216 g/mol. The summed E-state index contributed by atoms with van der Waals surface area (Å²) in [7, 11) is 0. The third-order valence-electron chi connectivity index (χ3n) is 4.03. The lowest BCUT2D eigenvalue weighted by Crippen LogP contribution is -2.36. The average molecular weight is 242 g/mol. The second-order valence-corrected chi connectivity index (χ2v) is 5.24. The Morgan fingerprint density at radius 1 is 1.41 bits per heavy atom. The van der Waals surface area contributed by atoms with Gasteiger partial charge in [-0.15, -0.1) is 0 Å². The van der Waals surface area contributed by atoms with E-state index < -0.39 is 11.4 Å². The van der Waals surface area contributed by atoms with Gasteiger partial charge in [-0.05, 0) is 38.5 Å². The first-order valence-electron chi connectivity index (χ1n) is 6.99. The molecule has 1 rings (SSSR count). The van der Waals surface area contributed by atoms with Crippen LogP contribution in [-0.4, -0.2) is 23.8 Å². The molecule has 0 aromatic carbocycles. The molecule has 0 aromatic rings. The zero-order valence-corrected chi connectivity index (χ0v) is 11.2. The molecule has 0 aliphatic carbocycles. The summed E-state index contributed by atoms with van der Waals surface area (Å²) in [6, 6.07) is 0. The highest BCUT2D eigenvalue weighted by Crippen LogP contribution is 2.37. The number of hydrogen-bond acceptors (Lipinski definition) is 2. The van der Waals surface area contributed by atoms with E-state index in [9.17, 15) is 9.90 Å². The SMILES string of the molecule is CCCCC(CC)(CC1CCCCO1)C(=O)O. The Morgan fingerprint density at radius 3 is 2.65 bits per heavy atom. The van der Waals surface area contributed by atoms with E-state index in [4.69, 9.17) is 4.74 Å². The average Bonchev–Trinajstić information content (AvgIpc) is 2.35. The first kappa shape index (κ1) is 14.5. The maximum atomic E-state index is 11.6. The van der Waals surface area contributed by atoms with Crippen LogP contribution < -0.4 is 0 Å². The summed E-state index contributed by atoms with van der Waals surface area (Å²) >= 11 is 0. The van der Waals surface area contributed by atoms with Crippen LogP contribution in [0.2, 0.25) is 0 Å². The molecule has 0 spiro atoms. The van der Waals surface area contributed by atoms with Gasteiger partial charge in [-0.3, -0.25) is 4.79 Å². The molecule has 0 amide bonds. The number of carbonyl (C=O) groups is 1. The quantitative estimate of drug-likeness (QED) is 0.741. The second-order valence-electron chi connectivity index (χ2n) is 5.24. The van der Waals surface area contributed by atoms with Crippen LogP contribution in [0, 0.1) is 5.41 Å². The Balaban J connectivity index is 2.63. The van der Waals surface area contributed by atoms with Gasteiger partial charge in [0.15, 0.2) is 0 Å². The Hall–Kier alpha value is -0.570. The Labute approximate surface area is 105 Å². The summed E-state index contributed by atoms with van der Waals surface area (Å²) in [5.41, 5.74) is -0.558. The number of carboxylic acid groups (broad SMARTS) is 1. The van der Waals surface area contributed by atoms with Crippen molar-refractivity contribution in [1.29, 1.82) is 0 Å². The molecule has 1 heterocycles. The highest BCUT2D eigenvalue weighted by molar-refractivity contribution is 5.74. The minimum atomic E-state index is -0.636. The molecule has 1 N–H and O–H groups in total. The second kappa shape index (κ2) is 7.00. The predicted octanol–water partition coefficient (Wildman–Crippen LogP) is 3.62. The van der Waals surface area contributed by atoms with Gasteiger partial charge in [0.25, 0.3) is 0 Å². The van der Waals surface area contributed by atoms with E-state index in [1.807, 2.05) is 6.92 Å². The summed E-state index contributed by atoms with van der Waals surface area (Å²) in [5, 5.41) is 9.53. The van der Waals surface area contributed by atoms with Gasteiger partial charge in [0.2, 0.25) is 0 Å². The van der Waals surface area contributed by atoms with Gasteiger partial charge in [0.1, 0.15) is 0 Å². The third-order valence-corrected chi connectivity index (χ3v) is 4.03. The Morgan fingerprint density at radius 2 is 2.18 bits per heavy atom.